The van der Waals surface area contributed by atoms with Gasteiger partial charge in [0.1, 0.15) is 0 Å². The summed E-state index contributed by atoms with van der Waals surface area (Å²) in [6, 6.07) is 4.67. The molecule has 0 radical (unpaired) electrons. The molecule has 1 atom stereocenters. The predicted molar refractivity (Wildman–Crippen MR) is 103 cm³/mol. The third-order valence-corrected chi connectivity index (χ3v) is 5.46. The molecule has 3 aliphatic rings. The van der Waals surface area contributed by atoms with Crippen LogP contribution in [0.3, 0.4) is 0 Å². The average Bonchev–Trinajstić information content (AvgIpc) is 2.61. The summed E-state index contributed by atoms with van der Waals surface area (Å²) in [5.41, 5.74) is 3.70. The van der Waals surface area contributed by atoms with Gasteiger partial charge in [0.05, 0.1) is 16.3 Å². The highest BCUT2D eigenvalue weighted by atomic mass is 35.5. The summed E-state index contributed by atoms with van der Waals surface area (Å²) >= 11 is 11.9. The van der Waals surface area contributed by atoms with Crippen LogP contribution < -0.4 is 5.32 Å². The minimum Gasteiger partial charge on any atom is -0.325 e. The van der Waals surface area contributed by atoms with Crippen molar-refractivity contribution in [2.75, 3.05) is 0 Å². The molecule has 4 nitrogen and oxygen atoms in total. The van der Waals surface area contributed by atoms with E-state index in [2.05, 4.69) is 10.3 Å². The Kier molecular flexibility index (Phi) is 4.55. The van der Waals surface area contributed by atoms with Crippen molar-refractivity contribution in [1.29, 1.82) is 0 Å². The largest absolute Gasteiger partial charge is 0.325 e. The van der Waals surface area contributed by atoms with Crippen molar-refractivity contribution in [3.8, 4) is 0 Å². The Labute approximate surface area is 161 Å². The highest BCUT2D eigenvalue weighted by Gasteiger charge is 2.33. The van der Waals surface area contributed by atoms with Crippen molar-refractivity contribution < 1.29 is 9.59 Å². The fourth-order valence-electron chi connectivity index (χ4n) is 3.66. The van der Waals surface area contributed by atoms with Crippen molar-refractivity contribution >= 4 is 40.7 Å². The van der Waals surface area contributed by atoms with Crippen LogP contribution in [-0.4, -0.2) is 17.5 Å². The Hall–Kier alpha value is -2.17. The van der Waals surface area contributed by atoms with Gasteiger partial charge in [-0.2, -0.15) is 0 Å². The number of amides is 2. The molecule has 26 heavy (non-hydrogen) atoms. The Morgan fingerprint density at radius 1 is 1.19 bits per heavy atom. The van der Waals surface area contributed by atoms with Crippen molar-refractivity contribution in [3.05, 3.63) is 68.9 Å². The van der Waals surface area contributed by atoms with Crippen molar-refractivity contribution in [1.82, 2.24) is 5.32 Å². The van der Waals surface area contributed by atoms with Gasteiger partial charge in [0, 0.05) is 22.2 Å². The average molecular weight is 387 g/mol. The monoisotopic (exact) mass is 386 g/mol. The van der Waals surface area contributed by atoms with Crippen LogP contribution in [0.25, 0.3) is 0 Å². The summed E-state index contributed by atoms with van der Waals surface area (Å²) in [6.07, 6.45) is 9.55. The summed E-state index contributed by atoms with van der Waals surface area (Å²) in [5.74, 6) is -0.388. The van der Waals surface area contributed by atoms with Crippen LogP contribution in [0.15, 0.2) is 58.3 Å². The number of allylic oxidation sites excluding steroid dienone is 3. The van der Waals surface area contributed by atoms with E-state index in [0.29, 0.717) is 16.3 Å². The Morgan fingerprint density at radius 3 is 2.81 bits per heavy atom. The number of halogens is 2. The standard InChI is InChI=1S/C20H16Cl2N2O2/c21-11-5-7-16(17(22)9-11)20(26)23-12-6-8-14-13-3-1-2-4-15(13)19(25)24-18(14)10-12/h5-10,14H,1-4H2,(H,24,25). The molecule has 0 saturated carbocycles. The zero-order chi connectivity index (χ0) is 18.3. The van der Waals surface area contributed by atoms with Crippen LogP contribution in [0.4, 0.5) is 0 Å². The smallest absolute Gasteiger partial charge is 0.279 e. The van der Waals surface area contributed by atoms with Gasteiger partial charge >= 0.3 is 0 Å². The molecule has 0 spiro atoms. The topological polar surface area (TPSA) is 58.5 Å². The van der Waals surface area contributed by atoms with Gasteiger partial charge in [0.15, 0.2) is 0 Å². The lowest BCUT2D eigenvalue weighted by Gasteiger charge is -2.33. The first-order valence-corrected chi connectivity index (χ1v) is 9.29. The van der Waals surface area contributed by atoms with E-state index in [1.54, 1.807) is 18.2 Å². The molecule has 4 rings (SSSR count). The number of benzene rings is 1. The van der Waals surface area contributed by atoms with E-state index in [-0.39, 0.29) is 16.8 Å². The molecule has 6 heteroatoms. The number of fused-ring (bicyclic) bond motifs is 2. The van der Waals surface area contributed by atoms with Gasteiger partial charge in [-0.15, -0.1) is 0 Å². The van der Waals surface area contributed by atoms with Crippen molar-refractivity contribution in [2.45, 2.75) is 25.7 Å². The number of aliphatic imine (C=N–C) groups is 1. The molecule has 1 N–H and O–H groups in total. The van der Waals surface area contributed by atoms with E-state index < -0.39 is 5.91 Å². The summed E-state index contributed by atoms with van der Waals surface area (Å²) in [6.45, 7) is 0. The van der Waals surface area contributed by atoms with Gasteiger partial charge in [-0.3, -0.25) is 9.59 Å². The molecule has 1 aliphatic heterocycles. The second-order valence-corrected chi connectivity index (χ2v) is 7.41. The SMILES string of the molecule is O=C1NC2=CC(=NC(=O)c3ccc(Cl)cc3Cl)C=CC2C2=C1CCCC2. The van der Waals surface area contributed by atoms with E-state index in [1.807, 2.05) is 12.2 Å². The van der Waals surface area contributed by atoms with E-state index in [0.717, 1.165) is 37.0 Å². The number of hydrogen-bond acceptors (Lipinski definition) is 2. The number of hydrogen-bond donors (Lipinski definition) is 1. The predicted octanol–water partition coefficient (Wildman–Crippen LogP) is 4.64. The van der Waals surface area contributed by atoms with Gasteiger partial charge in [0.25, 0.3) is 11.8 Å². The van der Waals surface area contributed by atoms with E-state index >= 15 is 0 Å². The van der Waals surface area contributed by atoms with Crippen LogP contribution in [0.1, 0.15) is 36.0 Å². The van der Waals surface area contributed by atoms with Crippen LogP contribution in [0.5, 0.6) is 0 Å². The minimum atomic E-state index is -0.443. The Balaban J connectivity index is 1.63. The molecule has 0 aromatic heterocycles. The zero-order valence-electron chi connectivity index (χ0n) is 13.9. The van der Waals surface area contributed by atoms with E-state index in [9.17, 15) is 9.59 Å². The lowest BCUT2D eigenvalue weighted by molar-refractivity contribution is -0.117. The van der Waals surface area contributed by atoms with E-state index in [4.69, 9.17) is 23.2 Å². The quantitative estimate of drug-likeness (QED) is 0.763. The summed E-state index contributed by atoms with van der Waals surface area (Å²) < 4.78 is 0. The maximum atomic E-state index is 12.4. The summed E-state index contributed by atoms with van der Waals surface area (Å²) in [7, 11) is 0. The van der Waals surface area contributed by atoms with Gasteiger partial charge in [-0.1, -0.05) is 29.3 Å². The highest BCUT2D eigenvalue weighted by molar-refractivity contribution is 6.37. The first kappa shape index (κ1) is 17.3. The molecule has 1 unspecified atom stereocenters. The summed E-state index contributed by atoms with van der Waals surface area (Å²) in [4.78, 5) is 28.9. The molecule has 1 aromatic rings. The second kappa shape index (κ2) is 6.86. The third kappa shape index (κ3) is 3.15. The lowest BCUT2D eigenvalue weighted by atomic mass is 9.77. The molecule has 2 amide bonds. The van der Waals surface area contributed by atoms with Crippen molar-refractivity contribution in [2.24, 2.45) is 10.9 Å². The number of nitrogens with zero attached hydrogens (tertiary/aromatic N) is 1. The lowest BCUT2D eigenvalue weighted by Crippen LogP contribution is -2.37. The summed E-state index contributed by atoms with van der Waals surface area (Å²) in [5, 5.41) is 3.68. The van der Waals surface area contributed by atoms with Crippen LogP contribution >= 0.6 is 23.2 Å². The van der Waals surface area contributed by atoms with Crippen molar-refractivity contribution in [3.63, 3.8) is 0 Å². The zero-order valence-corrected chi connectivity index (χ0v) is 15.4. The first-order chi connectivity index (χ1) is 12.5. The molecule has 132 valence electrons. The molecule has 1 aromatic carbocycles. The van der Waals surface area contributed by atoms with Gasteiger partial charge in [-0.25, -0.2) is 4.99 Å². The van der Waals surface area contributed by atoms with E-state index in [1.165, 1.54) is 11.6 Å². The number of carbonyl (C=O) groups excluding carboxylic acids is 2. The van der Waals surface area contributed by atoms with Crippen LogP contribution in [0, 0.1) is 5.92 Å². The second-order valence-electron chi connectivity index (χ2n) is 6.57. The molecular weight excluding hydrogens is 371 g/mol. The fourth-order valence-corrected chi connectivity index (χ4v) is 4.15. The molecule has 0 saturated heterocycles. The maximum Gasteiger partial charge on any atom is 0.279 e. The van der Waals surface area contributed by atoms with Gasteiger partial charge in [-0.05, 0) is 61.6 Å². The maximum absolute atomic E-state index is 12.4. The number of carbonyl (C=O) groups is 2. The number of nitrogens with one attached hydrogen (secondary N) is 1. The normalized spacial score (nSPS) is 23.3. The Bertz CT molecular complexity index is 941. The molecular formula is C20H16Cl2N2O2. The third-order valence-electron chi connectivity index (χ3n) is 4.91. The molecule has 2 aliphatic carbocycles. The van der Waals surface area contributed by atoms with Gasteiger partial charge in [0.2, 0.25) is 0 Å². The Morgan fingerprint density at radius 2 is 2.00 bits per heavy atom. The minimum absolute atomic E-state index is 0.0241. The van der Waals surface area contributed by atoms with Gasteiger partial charge < -0.3 is 5.32 Å². The molecule has 1 heterocycles. The highest BCUT2D eigenvalue weighted by Crippen LogP contribution is 2.38. The van der Waals surface area contributed by atoms with Crippen LogP contribution in [-0.2, 0) is 4.79 Å². The number of rotatable bonds is 1. The molecule has 0 fully saturated rings. The molecule has 0 bridgehead atoms. The van der Waals surface area contributed by atoms with Crippen LogP contribution in [0.2, 0.25) is 10.0 Å². The first-order valence-electron chi connectivity index (χ1n) is 8.54. The fraction of sp³-hybridized carbons (Fsp3) is 0.250.